The summed E-state index contributed by atoms with van der Waals surface area (Å²) in [5, 5.41) is 17.2. The maximum Gasteiger partial charge on any atom is 0.0628 e. The van der Waals surface area contributed by atoms with Crippen molar-refractivity contribution in [2.45, 2.75) is 46.7 Å². The highest BCUT2D eigenvalue weighted by molar-refractivity contribution is 5.22. The van der Waals surface area contributed by atoms with Crippen molar-refractivity contribution in [3.8, 4) is 0 Å². The average molecular weight is 225 g/mol. The van der Waals surface area contributed by atoms with Crippen LogP contribution in [0.4, 0.5) is 0 Å². The van der Waals surface area contributed by atoms with E-state index < -0.39 is 0 Å². The van der Waals surface area contributed by atoms with E-state index in [0.29, 0.717) is 6.54 Å². The smallest absolute Gasteiger partial charge is 0.0628 e. The molecule has 0 radical (unpaired) electrons. The van der Waals surface area contributed by atoms with Crippen LogP contribution in [0.1, 0.15) is 30.8 Å². The number of aliphatic hydroxyl groups excluding tert-OH is 1. The van der Waals surface area contributed by atoms with Gasteiger partial charge in [0.25, 0.3) is 0 Å². The first-order chi connectivity index (χ1) is 7.43. The zero-order valence-corrected chi connectivity index (χ0v) is 11.0. The third kappa shape index (κ3) is 2.62. The Morgan fingerprint density at radius 1 is 1.38 bits per heavy atom. The molecule has 0 aliphatic rings. The molecule has 1 rings (SSSR count). The highest BCUT2D eigenvalue weighted by Crippen LogP contribution is 2.14. The van der Waals surface area contributed by atoms with Gasteiger partial charge in [-0.25, -0.2) is 0 Å². The zero-order chi connectivity index (χ0) is 12.3. The Morgan fingerprint density at radius 3 is 2.38 bits per heavy atom. The fraction of sp³-hybridized carbons (Fsp3) is 0.750. The van der Waals surface area contributed by atoms with E-state index >= 15 is 0 Å². The maximum absolute atomic E-state index is 9.44. The summed E-state index contributed by atoms with van der Waals surface area (Å²) in [6.45, 7) is 11.9. The van der Waals surface area contributed by atoms with Crippen molar-refractivity contribution in [1.82, 2.24) is 15.1 Å². The van der Waals surface area contributed by atoms with Gasteiger partial charge in [0.1, 0.15) is 0 Å². The molecule has 4 heteroatoms. The van der Waals surface area contributed by atoms with Crippen LogP contribution in [0.15, 0.2) is 0 Å². The van der Waals surface area contributed by atoms with Gasteiger partial charge in [-0.05, 0) is 39.8 Å². The van der Waals surface area contributed by atoms with Crippen molar-refractivity contribution in [2.24, 2.45) is 0 Å². The standard InChI is InChI=1S/C12H23N3O/c1-6-13-12(5,8-16)7-15-11(4)9(2)10(3)14-15/h13,16H,6-8H2,1-5H3. The molecule has 0 amide bonds. The monoisotopic (exact) mass is 225 g/mol. The lowest BCUT2D eigenvalue weighted by molar-refractivity contribution is 0.154. The zero-order valence-electron chi connectivity index (χ0n) is 11.0. The van der Waals surface area contributed by atoms with Crippen LogP contribution in [0, 0.1) is 20.8 Å². The topological polar surface area (TPSA) is 50.1 Å². The number of nitrogens with zero attached hydrogens (tertiary/aromatic N) is 2. The molecule has 0 aromatic carbocycles. The van der Waals surface area contributed by atoms with E-state index in [1.165, 1.54) is 11.3 Å². The Morgan fingerprint density at radius 2 is 2.00 bits per heavy atom. The van der Waals surface area contributed by atoms with E-state index in [1.54, 1.807) is 0 Å². The minimum atomic E-state index is -0.301. The molecular formula is C12H23N3O. The van der Waals surface area contributed by atoms with E-state index in [9.17, 15) is 5.11 Å². The molecule has 1 unspecified atom stereocenters. The summed E-state index contributed by atoms with van der Waals surface area (Å²) in [6.07, 6.45) is 0. The number of nitrogens with one attached hydrogen (secondary N) is 1. The molecule has 1 heterocycles. The number of hydrogen-bond acceptors (Lipinski definition) is 3. The Kier molecular flexibility index (Phi) is 4.10. The van der Waals surface area contributed by atoms with Gasteiger partial charge in [0.2, 0.25) is 0 Å². The number of aliphatic hydroxyl groups is 1. The predicted molar refractivity (Wildman–Crippen MR) is 65.6 cm³/mol. The second kappa shape index (κ2) is 4.97. The fourth-order valence-electron chi connectivity index (χ4n) is 1.86. The van der Waals surface area contributed by atoms with Crippen molar-refractivity contribution in [3.05, 3.63) is 17.0 Å². The lowest BCUT2D eigenvalue weighted by atomic mass is 10.0. The number of aromatic nitrogens is 2. The molecule has 92 valence electrons. The number of likely N-dealkylation sites (N-methyl/N-ethyl adjacent to an activating group) is 1. The Bertz CT molecular complexity index is 359. The van der Waals surface area contributed by atoms with Crippen molar-refractivity contribution in [3.63, 3.8) is 0 Å². The molecule has 0 fully saturated rings. The van der Waals surface area contributed by atoms with Crippen LogP contribution < -0.4 is 5.32 Å². The van der Waals surface area contributed by atoms with Crippen LogP contribution in [0.5, 0.6) is 0 Å². The normalized spacial score (nSPS) is 15.1. The average Bonchev–Trinajstić information content (AvgIpc) is 2.47. The van der Waals surface area contributed by atoms with E-state index in [4.69, 9.17) is 0 Å². The third-order valence-corrected chi connectivity index (χ3v) is 3.19. The van der Waals surface area contributed by atoms with Gasteiger partial charge in [-0.3, -0.25) is 4.68 Å². The second-order valence-corrected chi connectivity index (χ2v) is 4.70. The lowest BCUT2D eigenvalue weighted by Gasteiger charge is -2.28. The first kappa shape index (κ1) is 13.2. The summed E-state index contributed by atoms with van der Waals surface area (Å²) in [5.41, 5.74) is 3.17. The van der Waals surface area contributed by atoms with E-state index in [-0.39, 0.29) is 12.1 Å². The third-order valence-electron chi connectivity index (χ3n) is 3.19. The Labute approximate surface area is 97.7 Å². The second-order valence-electron chi connectivity index (χ2n) is 4.70. The lowest BCUT2D eigenvalue weighted by Crippen LogP contribution is -2.49. The van der Waals surface area contributed by atoms with Crippen LogP contribution >= 0.6 is 0 Å². The summed E-state index contributed by atoms with van der Waals surface area (Å²) in [5.74, 6) is 0. The molecule has 0 spiro atoms. The molecular weight excluding hydrogens is 202 g/mol. The van der Waals surface area contributed by atoms with Gasteiger partial charge in [-0.1, -0.05) is 6.92 Å². The molecule has 4 nitrogen and oxygen atoms in total. The number of hydrogen-bond donors (Lipinski definition) is 2. The summed E-state index contributed by atoms with van der Waals surface area (Å²) in [7, 11) is 0. The number of aryl methyl sites for hydroxylation is 1. The molecule has 0 bridgehead atoms. The SMILES string of the molecule is CCNC(C)(CO)Cn1nc(C)c(C)c1C. The van der Waals surface area contributed by atoms with Crippen LogP contribution in [0.25, 0.3) is 0 Å². The molecule has 1 aromatic rings. The summed E-state index contributed by atoms with van der Waals surface area (Å²) in [6, 6.07) is 0. The van der Waals surface area contributed by atoms with E-state index in [2.05, 4.69) is 24.3 Å². The van der Waals surface area contributed by atoms with Gasteiger partial charge >= 0.3 is 0 Å². The molecule has 0 aliphatic carbocycles. The van der Waals surface area contributed by atoms with Crippen molar-refractivity contribution >= 4 is 0 Å². The fourth-order valence-corrected chi connectivity index (χ4v) is 1.86. The van der Waals surface area contributed by atoms with Gasteiger partial charge in [0, 0.05) is 5.69 Å². The van der Waals surface area contributed by atoms with E-state index in [1.807, 2.05) is 25.5 Å². The minimum Gasteiger partial charge on any atom is -0.394 e. The first-order valence-electron chi connectivity index (χ1n) is 5.80. The van der Waals surface area contributed by atoms with Crippen LogP contribution in [0.3, 0.4) is 0 Å². The van der Waals surface area contributed by atoms with Crippen molar-refractivity contribution < 1.29 is 5.11 Å². The summed E-state index contributed by atoms with van der Waals surface area (Å²) < 4.78 is 1.98. The van der Waals surface area contributed by atoms with Gasteiger partial charge < -0.3 is 10.4 Å². The molecule has 1 aromatic heterocycles. The van der Waals surface area contributed by atoms with E-state index in [0.717, 1.165) is 12.2 Å². The van der Waals surface area contributed by atoms with Gasteiger partial charge in [0.15, 0.2) is 0 Å². The van der Waals surface area contributed by atoms with Gasteiger partial charge in [0.05, 0.1) is 24.4 Å². The molecule has 16 heavy (non-hydrogen) atoms. The summed E-state index contributed by atoms with van der Waals surface area (Å²) in [4.78, 5) is 0. The largest absolute Gasteiger partial charge is 0.394 e. The highest BCUT2D eigenvalue weighted by atomic mass is 16.3. The molecule has 0 aliphatic heterocycles. The van der Waals surface area contributed by atoms with Gasteiger partial charge in [-0.15, -0.1) is 0 Å². The van der Waals surface area contributed by atoms with Crippen molar-refractivity contribution in [2.75, 3.05) is 13.2 Å². The quantitative estimate of drug-likeness (QED) is 0.791. The van der Waals surface area contributed by atoms with Crippen molar-refractivity contribution in [1.29, 1.82) is 0 Å². The van der Waals surface area contributed by atoms with Gasteiger partial charge in [-0.2, -0.15) is 5.10 Å². The number of rotatable bonds is 5. The summed E-state index contributed by atoms with van der Waals surface area (Å²) >= 11 is 0. The van der Waals surface area contributed by atoms with Crippen LogP contribution in [0.2, 0.25) is 0 Å². The highest BCUT2D eigenvalue weighted by Gasteiger charge is 2.24. The Balaban J connectivity index is 2.90. The molecule has 0 saturated carbocycles. The molecule has 1 atom stereocenters. The minimum absolute atomic E-state index is 0.109. The molecule has 2 N–H and O–H groups in total. The van der Waals surface area contributed by atoms with Crippen LogP contribution in [-0.4, -0.2) is 33.6 Å². The maximum atomic E-state index is 9.44. The predicted octanol–water partition coefficient (Wildman–Crippen LogP) is 1.17. The van der Waals surface area contributed by atoms with Crippen LogP contribution in [-0.2, 0) is 6.54 Å². The Hall–Kier alpha value is -0.870. The molecule has 0 saturated heterocycles. The first-order valence-corrected chi connectivity index (χ1v) is 5.80.